The molecule has 1 amide bonds. The van der Waals surface area contributed by atoms with Crippen LogP contribution in [0.4, 0.5) is 23.2 Å². The van der Waals surface area contributed by atoms with Crippen LogP contribution in [0.25, 0.3) is 0 Å². The van der Waals surface area contributed by atoms with E-state index in [0.29, 0.717) is 4.90 Å². The largest absolute Gasteiger partial charge is 0.382 e. The van der Waals surface area contributed by atoms with Crippen LogP contribution in [0.15, 0.2) is 30.5 Å². The third-order valence-corrected chi connectivity index (χ3v) is 4.58. The summed E-state index contributed by atoms with van der Waals surface area (Å²) >= 11 is 6.01. The second kappa shape index (κ2) is 6.79. The highest BCUT2D eigenvalue weighted by Gasteiger charge is 2.55. The molecule has 1 atom stereocenters. The van der Waals surface area contributed by atoms with Crippen molar-refractivity contribution in [2.45, 2.75) is 25.0 Å². The smallest absolute Gasteiger partial charge is 0.352 e. The number of hydrogen-bond acceptors (Lipinski definition) is 4. The monoisotopic (exact) mass is 399 g/mol. The number of carbonyl (C=O) groups excluding carboxylic acids is 1. The minimum Gasteiger partial charge on any atom is -0.382 e. The zero-order chi connectivity index (χ0) is 19.9. The number of halogens is 5. The van der Waals surface area contributed by atoms with E-state index in [0.717, 1.165) is 12.1 Å². The topological polar surface area (TPSA) is 77.2 Å². The first-order chi connectivity index (χ1) is 12.7. The predicted octanol–water partition coefficient (Wildman–Crippen LogP) is 3.54. The summed E-state index contributed by atoms with van der Waals surface area (Å²) in [5, 5.41) is 18.4. The predicted molar refractivity (Wildman–Crippen MR) is 86.5 cm³/mol. The molecule has 0 saturated heterocycles. The molecule has 2 aromatic rings. The minimum atomic E-state index is -4.10. The number of carbonyl (C=O) groups is 1. The van der Waals surface area contributed by atoms with E-state index in [1.165, 1.54) is 18.3 Å². The Morgan fingerprint density at radius 3 is 2.67 bits per heavy atom. The van der Waals surface area contributed by atoms with E-state index in [4.69, 9.17) is 16.9 Å². The van der Waals surface area contributed by atoms with Crippen molar-refractivity contribution in [3.8, 4) is 6.07 Å². The number of aliphatic hydroxyl groups excluding tert-OH is 1. The van der Waals surface area contributed by atoms with E-state index >= 15 is 0 Å². The van der Waals surface area contributed by atoms with Crippen molar-refractivity contribution >= 4 is 23.2 Å². The van der Waals surface area contributed by atoms with Gasteiger partial charge in [-0.3, -0.25) is 4.79 Å². The summed E-state index contributed by atoms with van der Waals surface area (Å²) < 4.78 is 54.9. The first-order valence-corrected chi connectivity index (χ1v) is 7.90. The number of pyridine rings is 1. The van der Waals surface area contributed by atoms with Crippen molar-refractivity contribution < 1.29 is 27.5 Å². The van der Waals surface area contributed by atoms with Gasteiger partial charge in [-0.05, 0) is 23.3 Å². The SMILES string of the molecule is N#Cc1nccc(CN2C(=O)C(F)(F)c3c(C(O)C(F)F)cccc32)c1Cl. The average Bonchev–Trinajstić information content (AvgIpc) is 2.83. The molecule has 1 N–H and O–H groups in total. The van der Waals surface area contributed by atoms with Crippen LogP contribution < -0.4 is 4.90 Å². The van der Waals surface area contributed by atoms with Crippen LogP contribution in [-0.4, -0.2) is 22.4 Å². The van der Waals surface area contributed by atoms with Gasteiger partial charge in [0.2, 0.25) is 0 Å². The molecule has 140 valence electrons. The summed E-state index contributed by atoms with van der Waals surface area (Å²) in [5.74, 6) is -5.74. The lowest BCUT2D eigenvalue weighted by atomic mass is 9.98. The maximum atomic E-state index is 14.6. The van der Waals surface area contributed by atoms with Crippen LogP contribution in [-0.2, 0) is 17.3 Å². The Bertz CT molecular complexity index is 962. The summed E-state index contributed by atoms with van der Waals surface area (Å²) in [7, 11) is 0. The van der Waals surface area contributed by atoms with Gasteiger partial charge in [0, 0.05) is 6.20 Å². The van der Waals surface area contributed by atoms with Crippen LogP contribution in [0, 0.1) is 11.3 Å². The third-order valence-electron chi connectivity index (χ3n) is 4.15. The standard InChI is InChI=1S/C17H10ClF4N3O2/c18-13-8(4-5-24-10(13)6-23)7-25-11-3-1-2-9(14(26)15(19)20)12(11)17(21,22)16(25)27/h1-5,14-15,26H,7H2. The first kappa shape index (κ1) is 19.1. The molecule has 0 spiro atoms. The highest BCUT2D eigenvalue weighted by molar-refractivity contribution is 6.32. The Balaban J connectivity index is 2.11. The Morgan fingerprint density at radius 2 is 2.04 bits per heavy atom. The fourth-order valence-electron chi connectivity index (χ4n) is 2.90. The van der Waals surface area contributed by atoms with E-state index in [1.54, 1.807) is 6.07 Å². The van der Waals surface area contributed by atoms with Crippen molar-refractivity contribution in [2.24, 2.45) is 0 Å². The number of hydrogen-bond donors (Lipinski definition) is 1. The summed E-state index contributed by atoms with van der Waals surface area (Å²) in [6.07, 6.45) is -4.53. The third kappa shape index (κ3) is 3.01. The molecule has 0 radical (unpaired) electrons. The molecule has 5 nitrogen and oxygen atoms in total. The van der Waals surface area contributed by atoms with E-state index < -0.39 is 42.0 Å². The quantitative estimate of drug-likeness (QED) is 0.798. The zero-order valence-corrected chi connectivity index (χ0v) is 14.1. The van der Waals surface area contributed by atoms with Crippen molar-refractivity contribution in [3.63, 3.8) is 0 Å². The maximum Gasteiger partial charge on any atom is 0.352 e. The molecule has 1 aromatic heterocycles. The molecule has 1 aliphatic rings. The van der Waals surface area contributed by atoms with Crippen molar-refractivity contribution in [1.29, 1.82) is 5.26 Å². The highest BCUT2D eigenvalue weighted by atomic mass is 35.5. The van der Waals surface area contributed by atoms with E-state index in [1.807, 2.05) is 0 Å². The van der Waals surface area contributed by atoms with E-state index in [9.17, 15) is 27.5 Å². The molecule has 1 aliphatic heterocycles. The van der Waals surface area contributed by atoms with E-state index in [-0.39, 0.29) is 22.0 Å². The van der Waals surface area contributed by atoms with Gasteiger partial charge in [0.1, 0.15) is 12.2 Å². The Labute approximate surface area is 155 Å². The number of alkyl halides is 4. The number of aromatic nitrogens is 1. The fraction of sp³-hybridized carbons (Fsp3) is 0.235. The lowest BCUT2D eigenvalue weighted by Gasteiger charge is -2.19. The molecule has 10 heteroatoms. The van der Waals surface area contributed by atoms with Crippen molar-refractivity contribution in [1.82, 2.24) is 4.98 Å². The number of rotatable bonds is 4. The van der Waals surface area contributed by atoms with E-state index in [2.05, 4.69) is 4.98 Å². The number of aliphatic hydroxyl groups is 1. The molecule has 0 saturated carbocycles. The maximum absolute atomic E-state index is 14.6. The summed E-state index contributed by atoms with van der Waals surface area (Å²) in [6, 6.07) is 6.36. The molecule has 27 heavy (non-hydrogen) atoms. The molecular weight excluding hydrogens is 390 g/mol. The minimum absolute atomic E-state index is 0.103. The molecule has 0 bridgehead atoms. The number of benzene rings is 1. The van der Waals surface area contributed by atoms with Gasteiger partial charge < -0.3 is 10.0 Å². The van der Waals surface area contributed by atoms with Crippen molar-refractivity contribution in [3.05, 3.63) is 57.9 Å². The number of nitriles is 1. The van der Waals surface area contributed by atoms with Crippen LogP contribution >= 0.6 is 11.6 Å². The second-order valence-electron chi connectivity index (χ2n) is 5.73. The Kier molecular flexibility index (Phi) is 4.80. The lowest BCUT2D eigenvalue weighted by Crippen LogP contribution is -2.34. The number of anilines is 1. The van der Waals surface area contributed by atoms with Crippen LogP contribution in [0.5, 0.6) is 0 Å². The van der Waals surface area contributed by atoms with Crippen molar-refractivity contribution in [2.75, 3.05) is 4.90 Å². The van der Waals surface area contributed by atoms with Gasteiger partial charge in [-0.2, -0.15) is 14.0 Å². The summed E-state index contributed by atoms with van der Waals surface area (Å²) in [6.45, 7) is -0.425. The first-order valence-electron chi connectivity index (χ1n) is 7.53. The molecule has 0 aliphatic carbocycles. The summed E-state index contributed by atoms with van der Waals surface area (Å²) in [5.41, 5.74) is -1.96. The number of amides is 1. The van der Waals surface area contributed by atoms with Crippen LogP contribution in [0.1, 0.15) is 28.5 Å². The molecule has 1 unspecified atom stereocenters. The van der Waals surface area contributed by atoms with Gasteiger partial charge in [-0.15, -0.1) is 0 Å². The fourth-order valence-corrected chi connectivity index (χ4v) is 3.12. The van der Waals surface area contributed by atoms with Crippen LogP contribution in [0.2, 0.25) is 5.02 Å². The van der Waals surface area contributed by atoms with Gasteiger partial charge in [-0.1, -0.05) is 23.7 Å². The number of fused-ring (bicyclic) bond motifs is 1. The number of nitrogens with zero attached hydrogens (tertiary/aromatic N) is 3. The molecule has 2 heterocycles. The molecule has 0 fully saturated rings. The molecular formula is C17H10ClF4N3O2. The second-order valence-corrected chi connectivity index (χ2v) is 6.11. The lowest BCUT2D eigenvalue weighted by molar-refractivity contribution is -0.142. The zero-order valence-electron chi connectivity index (χ0n) is 13.3. The van der Waals surface area contributed by atoms with Crippen LogP contribution in [0.3, 0.4) is 0 Å². The van der Waals surface area contributed by atoms with Gasteiger partial charge >= 0.3 is 11.8 Å². The average molecular weight is 400 g/mol. The Hall–Kier alpha value is -2.70. The molecule has 1 aromatic carbocycles. The molecule has 3 rings (SSSR count). The van der Waals surface area contributed by atoms with Gasteiger partial charge in [0.05, 0.1) is 22.8 Å². The summed E-state index contributed by atoms with van der Waals surface area (Å²) in [4.78, 5) is 16.7. The van der Waals surface area contributed by atoms with Gasteiger partial charge in [0.25, 0.3) is 6.43 Å². The normalized spacial score (nSPS) is 16.4. The highest BCUT2D eigenvalue weighted by Crippen LogP contribution is 2.48. The van der Waals surface area contributed by atoms with Gasteiger partial charge in [0.15, 0.2) is 5.69 Å². The Morgan fingerprint density at radius 1 is 1.33 bits per heavy atom. The van der Waals surface area contributed by atoms with Gasteiger partial charge in [-0.25, -0.2) is 13.8 Å².